The predicted molar refractivity (Wildman–Crippen MR) is 65.5 cm³/mol. The van der Waals surface area contributed by atoms with Crippen molar-refractivity contribution < 1.29 is 27.1 Å². The van der Waals surface area contributed by atoms with E-state index in [-0.39, 0.29) is 25.1 Å². The number of nitrogens with one attached hydrogen (secondary N) is 1. The summed E-state index contributed by atoms with van der Waals surface area (Å²) in [4.78, 5) is 11.2. The van der Waals surface area contributed by atoms with Gasteiger partial charge in [0.05, 0.1) is 12.6 Å². The lowest BCUT2D eigenvalue weighted by Gasteiger charge is -2.16. The van der Waals surface area contributed by atoms with Crippen LogP contribution >= 0.6 is 0 Å². The monoisotopic (exact) mass is 306 g/mol. The van der Waals surface area contributed by atoms with Crippen LogP contribution in [0.15, 0.2) is 6.07 Å². The lowest BCUT2D eigenvalue weighted by atomic mass is 10.2. The quantitative estimate of drug-likeness (QED) is 0.594. The van der Waals surface area contributed by atoms with E-state index in [1.54, 1.807) is 0 Å². The van der Waals surface area contributed by atoms with Crippen LogP contribution < -0.4 is 15.8 Å². The second kappa shape index (κ2) is 6.30. The van der Waals surface area contributed by atoms with Crippen molar-refractivity contribution in [1.29, 1.82) is 0 Å². The fraction of sp³-hybridized carbons (Fsp3) is 0.462. The highest BCUT2D eigenvalue weighted by Crippen LogP contribution is 2.26. The Morgan fingerprint density at radius 3 is 2.33 bits per heavy atom. The van der Waals surface area contributed by atoms with Crippen molar-refractivity contribution in [3.05, 3.63) is 29.3 Å². The second-order valence-electron chi connectivity index (χ2n) is 4.83. The van der Waals surface area contributed by atoms with Gasteiger partial charge in [0.2, 0.25) is 17.5 Å². The fourth-order valence-corrected chi connectivity index (χ4v) is 1.80. The van der Waals surface area contributed by atoms with E-state index in [0.717, 1.165) is 12.8 Å². The van der Waals surface area contributed by atoms with Crippen molar-refractivity contribution in [2.75, 3.05) is 6.61 Å². The summed E-state index contributed by atoms with van der Waals surface area (Å²) in [7, 11) is 0. The topological polar surface area (TPSA) is 64.4 Å². The minimum absolute atomic E-state index is 0.0306. The molecule has 1 amide bonds. The van der Waals surface area contributed by atoms with Gasteiger partial charge < -0.3 is 15.8 Å². The summed E-state index contributed by atoms with van der Waals surface area (Å²) in [6, 6.07) is -0.428. The van der Waals surface area contributed by atoms with Crippen molar-refractivity contribution in [2.24, 2.45) is 5.73 Å². The van der Waals surface area contributed by atoms with E-state index in [2.05, 4.69) is 5.32 Å². The van der Waals surface area contributed by atoms with Crippen LogP contribution in [0.3, 0.4) is 0 Å². The van der Waals surface area contributed by atoms with Crippen LogP contribution in [0.5, 0.6) is 5.75 Å². The van der Waals surface area contributed by atoms with Gasteiger partial charge >= 0.3 is 0 Å². The highest BCUT2D eigenvalue weighted by atomic mass is 19.2. The van der Waals surface area contributed by atoms with E-state index in [0.29, 0.717) is 0 Å². The summed E-state index contributed by atoms with van der Waals surface area (Å²) in [5, 5.41) is 2.94. The Morgan fingerprint density at radius 2 is 1.86 bits per heavy atom. The first kappa shape index (κ1) is 15.6. The average molecular weight is 306 g/mol. The molecule has 1 aliphatic rings. The molecule has 0 bridgehead atoms. The standard InChI is InChI=1S/C13H14F4N2O2/c14-7-5-8(15)11(17)12(10(7)16)21-4-3-9(13(18)20)19-6-1-2-6/h5-6,9,19H,1-4H2,(H2,18,20). The van der Waals surface area contributed by atoms with E-state index >= 15 is 0 Å². The molecular weight excluding hydrogens is 292 g/mol. The number of carbonyl (C=O) groups is 1. The van der Waals surface area contributed by atoms with Crippen LogP contribution in [0, 0.1) is 23.3 Å². The minimum Gasteiger partial charge on any atom is -0.487 e. The van der Waals surface area contributed by atoms with E-state index in [9.17, 15) is 22.4 Å². The molecular formula is C13H14F4N2O2. The molecule has 1 aromatic rings. The zero-order valence-electron chi connectivity index (χ0n) is 11.0. The number of amides is 1. The lowest BCUT2D eigenvalue weighted by Crippen LogP contribution is -2.43. The Morgan fingerprint density at radius 1 is 1.29 bits per heavy atom. The van der Waals surface area contributed by atoms with Crippen LogP contribution in [0.25, 0.3) is 0 Å². The zero-order chi connectivity index (χ0) is 15.6. The SMILES string of the molecule is NC(=O)C(CCOc1c(F)c(F)cc(F)c1F)NC1CC1. The Kier molecular flexibility index (Phi) is 4.66. The normalized spacial score (nSPS) is 15.8. The highest BCUT2D eigenvalue weighted by Gasteiger charge is 2.27. The molecule has 1 unspecified atom stereocenters. The van der Waals surface area contributed by atoms with Crippen LogP contribution in [-0.4, -0.2) is 24.6 Å². The summed E-state index contributed by atoms with van der Waals surface area (Å²) in [6.07, 6.45) is 1.87. The Hall–Kier alpha value is -1.83. The van der Waals surface area contributed by atoms with Crippen molar-refractivity contribution in [3.8, 4) is 5.75 Å². The molecule has 0 spiro atoms. The fourth-order valence-electron chi connectivity index (χ4n) is 1.80. The Labute approximate surface area is 118 Å². The summed E-state index contributed by atoms with van der Waals surface area (Å²) in [5.41, 5.74) is 5.18. The van der Waals surface area contributed by atoms with Crippen LogP contribution in [0.1, 0.15) is 19.3 Å². The van der Waals surface area contributed by atoms with Crippen LogP contribution in [0.2, 0.25) is 0 Å². The summed E-state index contributed by atoms with van der Waals surface area (Å²) >= 11 is 0. The molecule has 4 nitrogen and oxygen atoms in total. The van der Waals surface area contributed by atoms with Gasteiger partial charge in [-0.15, -0.1) is 0 Å². The predicted octanol–water partition coefficient (Wildman–Crippen LogP) is 1.62. The molecule has 1 atom stereocenters. The molecule has 0 heterocycles. The van der Waals surface area contributed by atoms with Crippen molar-refractivity contribution in [1.82, 2.24) is 5.32 Å². The molecule has 1 aliphatic carbocycles. The van der Waals surface area contributed by atoms with Gasteiger partial charge in [0, 0.05) is 18.5 Å². The molecule has 1 aromatic carbocycles. The largest absolute Gasteiger partial charge is 0.487 e. The molecule has 21 heavy (non-hydrogen) atoms. The first-order valence-corrected chi connectivity index (χ1v) is 6.41. The van der Waals surface area contributed by atoms with Gasteiger partial charge in [0.1, 0.15) is 0 Å². The molecule has 0 aliphatic heterocycles. The number of halogens is 4. The lowest BCUT2D eigenvalue weighted by molar-refractivity contribution is -0.120. The number of primary amides is 1. The van der Waals surface area contributed by atoms with E-state index in [4.69, 9.17) is 10.5 Å². The molecule has 3 N–H and O–H groups in total. The van der Waals surface area contributed by atoms with Gasteiger partial charge in [-0.05, 0) is 12.8 Å². The van der Waals surface area contributed by atoms with Crippen LogP contribution in [0.4, 0.5) is 17.6 Å². The third-order valence-corrected chi connectivity index (χ3v) is 3.08. The Balaban J connectivity index is 1.97. The smallest absolute Gasteiger partial charge is 0.234 e. The van der Waals surface area contributed by atoms with Gasteiger partial charge in [-0.2, -0.15) is 8.78 Å². The molecule has 116 valence electrons. The van der Waals surface area contributed by atoms with Gasteiger partial charge in [-0.1, -0.05) is 0 Å². The van der Waals surface area contributed by atoms with Crippen molar-refractivity contribution in [2.45, 2.75) is 31.3 Å². The minimum atomic E-state index is -1.61. The maximum absolute atomic E-state index is 13.3. The van der Waals surface area contributed by atoms with Crippen molar-refractivity contribution >= 4 is 5.91 Å². The van der Waals surface area contributed by atoms with E-state index < -0.39 is 41.0 Å². The van der Waals surface area contributed by atoms with E-state index in [1.165, 1.54) is 0 Å². The molecule has 0 aromatic heterocycles. The van der Waals surface area contributed by atoms with Gasteiger partial charge in [0.25, 0.3) is 0 Å². The third kappa shape index (κ3) is 3.84. The Bertz CT molecular complexity index is 523. The number of hydrogen-bond donors (Lipinski definition) is 2. The second-order valence-corrected chi connectivity index (χ2v) is 4.83. The molecule has 1 fully saturated rings. The third-order valence-electron chi connectivity index (χ3n) is 3.08. The van der Waals surface area contributed by atoms with Gasteiger partial charge in [0.15, 0.2) is 17.4 Å². The number of carbonyl (C=O) groups excluding carboxylic acids is 1. The highest BCUT2D eigenvalue weighted by molar-refractivity contribution is 5.79. The van der Waals surface area contributed by atoms with Crippen molar-refractivity contribution in [3.63, 3.8) is 0 Å². The maximum atomic E-state index is 13.3. The molecule has 2 rings (SSSR count). The molecule has 1 saturated carbocycles. The number of ether oxygens (including phenoxy) is 1. The number of rotatable bonds is 7. The first-order valence-electron chi connectivity index (χ1n) is 6.41. The number of hydrogen-bond acceptors (Lipinski definition) is 3. The van der Waals surface area contributed by atoms with E-state index in [1.807, 2.05) is 0 Å². The van der Waals surface area contributed by atoms with Gasteiger partial charge in [-0.3, -0.25) is 4.79 Å². The first-order chi connectivity index (χ1) is 9.90. The average Bonchev–Trinajstić information content (AvgIpc) is 3.23. The molecule has 0 saturated heterocycles. The summed E-state index contributed by atoms with van der Waals surface area (Å²) in [6.45, 7) is -0.315. The summed E-state index contributed by atoms with van der Waals surface area (Å²) in [5.74, 6) is -8.09. The van der Waals surface area contributed by atoms with Gasteiger partial charge in [-0.25, -0.2) is 8.78 Å². The molecule has 0 radical (unpaired) electrons. The summed E-state index contributed by atoms with van der Waals surface area (Å²) < 4.78 is 57.3. The number of nitrogens with two attached hydrogens (primary N) is 1. The number of benzene rings is 1. The molecule has 8 heteroatoms. The van der Waals surface area contributed by atoms with Crippen LogP contribution in [-0.2, 0) is 4.79 Å². The maximum Gasteiger partial charge on any atom is 0.234 e. The zero-order valence-corrected chi connectivity index (χ0v) is 11.0.